The molecule has 1 amide bonds. The summed E-state index contributed by atoms with van der Waals surface area (Å²) in [5.41, 5.74) is 0.623. The Morgan fingerprint density at radius 3 is 3.06 bits per heavy atom. The molecule has 1 aliphatic heterocycles. The van der Waals surface area contributed by atoms with Crippen LogP contribution in [0.5, 0.6) is 0 Å². The molecule has 0 bridgehead atoms. The van der Waals surface area contributed by atoms with Gasteiger partial charge in [-0.1, -0.05) is 17.7 Å². The van der Waals surface area contributed by atoms with Gasteiger partial charge in [-0.2, -0.15) is 0 Å². The fourth-order valence-electron chi connectivity index (χ4n) is 1.87. The molecule has 4 heteroatoms. The smallest absolute Gasteiger partial charge is 0.251 e. The summed E-state index contributed by atoms with van der Waals surface area (Å²) in [6, 6.07) is 7.25. The summed E-state index contributed by atoms with van der Waals surface area (Å²) in [6.45, 7) is 1.90. The number of piperidine rings is 1. The first-order valence-corrected chi connectivity index (χ1v) is 5.90. The predicted molar refractivity (Wildman–Crippen MR) is 64.8 cm³/mol. The predicted octanol–water partition coefficient (Wildman–Crippen LogP) is 1.82. The van der Waals surface area contributed by atoms with E-state index in [1.165, 1.54) is 0 Å². The van der Waals surface area contributed by atoms with Crippen molar-refractivity contribution in [2.45, 2.75) is 18.9 Å². The Kier molecular flexibility index (Phi) is 3.80. The van der Waals surface area contributed by atoms with Crippen molar-refractivity contribution >= 4 is 17.5 Å². The van der Waals surface area contributed by atoms with Crippen molar-refractivity contribution in [2.24, 2.45) is 0 Å². The summed E-state index contributed by atoms with van der Waals surface area (Å²) in [5, 5.41) is 6.86. The molecule has 0 aromatic heterocycles. The first-order valence-electron chi connectivity index (χ1n) is 5.53. The van der Waals surface area contributed by atoms with E-state index in [4.69, 9.17) is 11.6 Å². The lowest BCUT2D eigenvalue weighted by atomic mass is 10.1. The molecule has 0 aliphatic carbocycles. The van der Waals surface area contributed by atoms with E-state index in [-0.39, 0.29) is 11.9 Å². The largest absolute Gasteiger partial charge is 0.348 e. The van der Waals surface area contributed by atoms with Crippen molar-refractivity contribution in [3.05, 3.63) is 34.9 Å². The van der Waals surface area contributed by atoms with Crippen molar-refractivity contribution in [1.29, 1.82) is 0 Å². The van der Waals surface area contributed by atoms with E-state index in [2.05, 4.69) is 10.6 Å². The van der Waals surface area contributed by atoms with Gasteiger partial charge in [0.1, 0.15) is 0 Å². The minimum absolute atomic E-state index is 0.0452. The molecule has 16 heavy (non-hydrogen) atoms. The maximum Gasteiger partial charge on any atom is 0.251 e. The van der Waals surface area contributed by atoms with E-state index in [0.717, 1.165) is 25.9 Å². The molecule has 1 aromatic carbocycles. The van der Waals surface area contributed by atoms with Gasteiger partial charge in [0.25, 0.3) is 5.91 Å². The quantitative estimate of drug-likeness (QED) is 0.825. The van der Waals surface area contributed by atoms with Crippen LogP contribution >= 0.6 is 11.6 Å². The van der Waals surface area contributed by atoms with Crippen LogP contribution in [0.3, 0.4) is 0 Å². The van der Waals surface area contributed by atoms with Crippen LogP contribution in [-0.4, -0.2) is 25.0 Å². The molecule has 1 aromatic rings. The Hall–Kier alpha value is -1.06. The summed E-state index contributed by atoms with van der Waals surface area (Å²) in [6.07, 6.45) is 2.15. The van der Waals surface area contributed by atoms with Gasteiger partial charge in [-0.05, 0) is 37.6 Å². The number of carbonyl (C=O) groups is 1. The van der Waals surface area contributed by atoms with Crippen LogP contribution in [-0.2, 0) is 0 Å². The average Bonchev–Trinajstić information content (AvgIpc) is 2.30. The summed E-state index contributed by atoms with van der Waals surface area (Å²) in [4.78, 5) is 11.9. The summed E-state index contributed by atoms with van der Waals surface area (Å²) in [5.74, 6) is -0.0452. The van der Waals surface area contributed by atoms with Gasteiger partial charge in [-0.3, -0.25) is 4.79 Å². The van der Waals surface area contributed by atoms with Crippen molar-refractivity contribution in [3.63, 3.8) is 0 Å². The molecule has 1 fully saturated rings. The molecule has 2 N–H and O–H groups in total. The van der Waals surface area contributed by atoms with E-state index in [9.17, 15) is 4.79 Å². The van der Waals surface area contributed by atoms with Crippen molar-refractivity contribution in [2.75, 3.05) is 13.1 Å². The molecule has 3 nitrogen and oxygen atoms in total. The van der Waals surface area contributed by atoms with Gasteiger partial charge in [0.2, 0.25) is 0 Å². The molecule has 1 aliphatic rings. The van der Waals surface area contributed by atoms with Gasteiger partial charge in [0, 0.05) is 23.2 Å². The normalized spacial score (nSPS) is 20.4. The molecule has 1 atom stereocenters. The number of rotatable bonds is 2. The van der Waals surface area contributed by atoms with E-state index in [1.54, 1.807) is 24.3 Å². The molecule has 0 spiro atoms. The minimum Gasteiger partial charge on any atom is -0.348 e. The maximum absolute atomic E-state index is 11.9. The first-order chi connectivity index (χ1) is 7.75. The van der Waals surface area contributed by atoms with E-state index in [0.29, 0.717) is 10.6 Å². The van der Waals surface area contributed by atoms with Gasteiger partial charge < -0.3 is 10.6 Å². The third kappa shape index (κ3) is 2.97. The molecular formula is C12H15ClN2O. The Balaban J connectivity index is 1.97. The van der Waals surface area contributed by atoms with Gasteiger partial charge in [-0.15, -0.1) is 0 Å². The van der Waals surface area contributed by atoms with Crippen LogP contribution in [0.4, 0.5) is 0 Å². The lowest BCUT2D eigenvalue weighted by Gasteiger charge is -2.23. The number of nitrogens with one attached hydrogen (secondary N) is 2. The number of hydrogen-bond donors (Lipinski definition) is 2. The minimum atomic E-state index is -0.0452. The summed E-state index contributed by atoms with van der Waals surface area (Å²) >= 11 is 5.84. The fraction of sp³-hybridized carbons (Fsp3) is 0.417. The molecule has 0 radical (unpaired) electrons. The highest BCUT2D eigenvalue weighted by molar-refractivity contribution is 6.30. The second-order valence-electron chi connectivity index (χ2n) is 4.03. The lowest BCUT2D eigenvalue weighted by Crippen LogP contribution is -2.45. The summed E-state index contributed by atoms with van der Waals surface area (Å²) < 4.78 is 0. The number of hydrogen-bond acceptors (Lipinski definition) is 2. The number of carbonyl (C=O) groups excluding carboxylic acids is 1. The zero-order chi connectivity index (χ0) is 11.4. The zero-order valence-corrected chi connectivity index (χ0v) is 9.76. The highest BCUT2D eigenvalue weighted by atomic mass is 35.5. The number of amides is 1. The Bertz CT molecular complexity index is 375. The Morgan fingerprint density at radius 1 is 1.50 bits per heavy atom. The first kappa shape index (κ1) is 11.4. The molecule has 1 unspecified atom stereocenters. The average molecular weight is 239 g/mol. The standard InChI is InChI=1S/C12H15ClN2O/c13-10-4-1-3-9(7-10)12(16)15-11-5-2-6-14-8-11/h1,3-4,7,11,14H,2,5-6,8H2,(H,15,16). The van der Waals surface area contributed by atoms with E-state index < -0.39 is 0 Å². The molecule has 0 saturated carbocycles. The topological polar surface area (TPSA) is 41.1 Å². The van der Waals surface area contributed by atoms with Crippen LogP contribution in [0.1, 0.15) is 23.2 Å². The molecule has 1 saturated heterocycles. The monoisotopic (exact) mass is 238 g/mol. The van der Waals surface area contributed by atoms with Gasteiger partial charge >= 0.3 is 0 Å². The van der Waals surface area contributed by atoms with Gasteiger partial charge in [0.15, 0.2) is 0 Å². The third-order valence-electron chi connectivity index (χ3n) is 2.72. The van der Waals surface area contributed by atoms with Crippen molar-refractivity contribution < 1.29 is 4.79 Å². The third-order valence-corrected chi connectivity index (χ3v) is 2.95. The van der Waals surface area contributed by atoms with Crippen LogP contribution < -0.4 is 10.6 Å². The van der Waals surface area contributed by atoms with Crippen LogP contribution in [0.25, 0.3) is 0 Å². The number of benzene rings is 1. The lowest BCUT2D eigenvalue weighted by molar-refractivity contribution is 0.0930. The van der Waals surface area contributed by atoms with Crippen LogP contribution in [0, 0.1) is 0 Å². The van der Waals surface area contributed by atoms with Crippen molar-refractivity contribution in [1.82, 2.24) is 10.6 Å². The Morgan fingerprint density at radius 2 is 2.38 bits per heavy atom. The fourth-order valence-corrected chi connectivity index (χ4v) is 2.06. The molecule has 86 valence electrons. The SMILES string of the molecule is O=C(NC1CCCNC1)c1cccc(Cl)c1. The van der Waals surface area contributed by atoms with Gasteiger partial charge in [0.05, 0.1) is 0 Å². The molecule has 2 rings (SSSR count). The second kappa shape index (κ2) is 5.32. The zero-order valence-electron chi connectivity index (χ0n) is 9.00. The highest BCUT2D eigenvalue weighted by Crippen LogP contribution is 2.11. The second-order valence-corrected chi connectivity index (χ2v) is 4.46. The molecule has 1 heterocycles. The van der Waals surface area contributed by atoms with Crippen LogP contribution in [0.15, 0.2) is 24.3 Å². The summed E-state index contributed by atoms with van der Waals surface area (Å²) in [7, 11) is 0. The van der Waals surface area contributed by atoms with Gasteiger partial charge in [-0.25, -0.2) is 0 Å². The maximum atomic E-state index is 11.9. The van der Waals surface area contributed by atoms with E-state index >= 15 is 0 Å². The highest BCUT2D eigenvalue weighted by Gasteiger charge is 2.16. The number of halogens is 1. The van der Waals surface area contributed by atoms with Crippen LogP contribution in [0.2, 0.25) is 5.02 Å². The molecular weight excluding hydrogens is 224 g/mol. The Labute approximate surface area is 100 Å². The van der Waals surface area contributed by atoms with Crippen molar-refractivity contribution in [3.8, 4) is 0 Å². The van der Waals surface area contributed by atoms with E-state index in [1.807, 2.05) is 0 Å².